The van der Waals surface area contributed by atoms with Crippen LogP contribution >= 0.6 is 24.0 Å². The van der Waals surface area contributed by atoms with Crippen LogP contribution in [0.4, 0.5) is 4.39 Å². The molecule has 9 heteroatoms. The Morgan fingerprint density at radius 2 is 1.93 bits per heavy atom. The molecule has 0 aliphatic heterocycles. The maximum atomic E-state index is 13.8. The number of guanidine groups is 1. The number of nitrogens with zero attached hydrogens (tertiary/aromatic N) is 1. The zero-order valence-corrected chi connectivity index (χ0v) is 20.8. The number of aryl methyl sites for hydroxylation is 1. The third-order valence-corrected chi connectivity index (χ3v) is 6.07. The van der Waals surface area contributed by atoms with Crippen LogP contribution in [0.1, 0.15) is 31.0 Å². The Labute approximate surface area is 195 Å². The fourth-order valence-electron chi connectivity index (χ4n) is 2.88. The van der Waals surface area contributed by atoms with Crippen molar-refractivity contribution in [2.45, 2.75) is 31.7 Å². The summed E-state index contributed by atoms with van der Waals surface area (Å²) in [6, 6.07) is 11.2. The van der Waals surface area contributed by atoms with E-state index in [0.717, 1.165) is 22.9 Å². The van der Waals surface area contributed by atoms with E-state index < -0.39 is 15.7 Å². The molecule has 0 saturated carbocycles. The van der Waals surface area contributed by atoms with Gasteiger partial charge in [0.15, 0.2) is 15.8 Å². The molecule has 0 aliphatic rings. The number of ether oxygens (including phenoxy) is 1. The highest BCUT2D eigenvalue weighted by Crippen LogP contribution is 2.26. The van der Waals surface area contributed by atoms with Crippen molar-refractivity contribution in [3.63, 3.8) is 0 Å². The Balaban J connectivity index is 0.00000450. The number of nitrogens with one attached hydrogen (secondary N) is 2. The van der Waals surface area contributed by atoms with E-state index in [1.54, 1.807) is 7.11 Å². The summed E-state index contributed by atoms with van der Waals surface area (Å²) < 4.78 is 44.0. The predicted octanol–water partition coefficient (Wildman–Crippen LogP) is 3.85. The molecule has 2 rings (SSSR count). The summed E-state index contributed by atoms with van der Waals surface area (Å²) >= 11 is 0. The number of hydrogen-bond donors (Lipinski definition) is 2. The van der Waals surface area contributed by atoms with Crippen LogP contribution in [0.2, 0.25) is 0 Å². The summed E-state index contributed by atoms with van der Waals surface area (Å²) in [5.41, 5.74) is 2.07. The number of hydrogen-bond acceptors (Lipinski definition) is 4. The molecule has 0 bridgehead atoms. The van der Waals surface area contributed by atoms with Gasteiger partial charge in [-0.2, -0.15) is 0 Å². The first-order valence-electron chi connectivity index (χ1n) is 9.45. The fraction of sp³-hybridized carbons (Fsp3) is 0.381. The minimum atomic E-state index is -3.76. The molecule has 0 heterocycles. The van der Waals surface area contributed by atoms with Crippen molar-refractivity contribution >= 4 is 39.8 Å². The maximum absolute atomic E-state index is 13.8. The summed E-state index contributed by atoms with van der Waals surface area (Å²) in [4.78, 5) is 4.05. The summed E-state index contributed by atoms with van der Waals surface area (Å²) in [5.74, 6) is 0.203. The number of sulfone groups is 1. The van der Waals surface area contributed by atoms with Crippen molar-refractivity contribution < 1.29 is 17.5 Å². The largest absolute Gasteiger partial charge is 0.496 e. The van der Waals surface area contributed by atoms with Crippen molar-refractivity contribution in [2.75, 3.05) is 26.0 Å². The van der Waals surface area contributed by atoms with Gasteiger partial charge in [0.2, 0.25) is 0 Å². The van der Waals surface area contributed by atoms with E-state index >= 15 is 0 Å². The van der Waals surface area contributed by atoms with Gasteiger partial charge in [-0.1, -0.05) is 29.8 Å². The first kappa shape index (κ1) is 26.2. The second-order valence-corrected chi connectivity index (χ2v) is 8.70. The van der Waals surface area contributed by atoms with E-state index in [1.165, 1.54) is 18.2 Å². The lowest BCUT2D eigenvalue weighted by atomic mass is 10.0. The van der Waals surface area contributed by atoms with Crippen LogP contribution < -0.4 is 15.4 Å². The zero-order chi connectivity index (χ0) is 21.4. The third kappa shape index (κ3) is 7.12. The molecule has 0 aromatic heterocycles. The molecule has 1 atom stereocenters. The Morgan fingerprint density at radius 1 is 1.23 bits per heavy atom. The van der Waals surface area contributed by atoms with E-state index in [9.17, 15) is 12.8 Å². The maximum Gasteiger partial charge on any atom is 0.191 e. The molecule has 6 nitrogen and oxygen atoms in total. The molecule has 166 valence electrons. The lowest BCUT2D eigenvalue weighted by Crippen LogP contribution is -2.39. The average Bonchev–Trinajstić information content (AvgIpc) is 2.68. The van der Waals surface area contributed by atoms with Gasteiger partial charge in [-0.15, -0.1) is 24.0 Å². The van der Waals surface area contributed by atoms with E-state index in [4.69, 9.17) is 4.74 Å². The molecule has 2 N–H and O–H groups in total. The minimum Gasteiger partial charge on any atom is -0.496 e. The molecule has 0 spiro atoms. The number of aliphatic imine (C=N–C) groups is 1. The predicted molar refractivity (Wildman–Crippen MR) is 129 cm³/mol. The second kappa shape index (κ2) is 12.1. The first-order chi connectivity index (χ1) is 13.8. The van der Waals surface area contributed by atoms with Gasteiger partial charge in [-0.05, 0) is 39.0 Å². The number of benzene rings is 2. The summed E-state index contributed by atoms with van der Waals surface area (Å²) in [7, 11) is -2.14. The molecule has 1 unspecified atom stereocenters. The Morgan fingerprint density at radius 3 is 2.57 bits per heavy atom. The van der Waals surface area contributed by atoms with Crippen LogP contribution in [0, 0.1) is 12.7 Å². The number of halogens is 2. The van der Waals surface area contributed by atoms with Crippen LogP contribution in [-0.4, -0.2) is 40.3 Å². The summed E-state index contributed by atoms with van der Waals surface area (Å²) in [5, 5.41) is 6.37. The minimum absolute atomic E-state index is 0. The average molecular weight is 549 g/mol. The summed E-state index contributed by atoms with van der Waals surface area (Å²) in [6.07, 6.45) is 0. The van der Waals surface area contributed by atoms with Crippen molar-refractivity contribution in [3.8, 4) is 5.75 Å². The van der Waals surface area contributed by atoms with Gasteiger partial charge in [0.1, 0.15) is 16.5 Å². The summed E-state index contributed by atoms with van der Waals surface area (Å²) in [6.45, 7) is 6.52. The Bertz CT molecular complexity index is 968. The highest BCUT2D eigenvalue weighted by Gasteiger charge is 2.18. The van der Waals surface area contributed by atoms with Crippen LogP contribution in [-0.2, 0) is 9.84 Å². The van der Waals surface area contributed by atoms with E-state index in [1.807, 2.05) is 39.0 Å². The molecule has 2 aromatic rings. The molecule has 0 aliphatic carbocycles. The standard InChI is InChI=1S/C21H28FN3O3S.HI/c1-5-23-21(25-16(3)17-14-15(2)10-11-19(17)28-4)24-12-13-29(26,27)20-9-7-6-8-18(20)22;/h6-11,14,16H,5,12-13H2,1-4H3,(H2,23,24,25);1H. The molecule has 2 aromatic carbocycles. The first-order valence-corrected chi connectivity index (χ1v) is 11.1. The van der Waals surface area contributed by atoms with Gasteiger partial charge in [-0.25, -0.2) is 12.8 Å². The number of methoxy groups -OCH3 is 1. The molecular formula is C21H29FIN3O3S. The second-order valence-electron chi connectivity index (χ2n) is 6.62. The van der Waals surface area contributed by atoms with E-state index in [-0.39, 0.29) is 47.2 Å². The van der Waals surface area contributed by atoms with Gasteiger partial charge < -0.3 is 15.4 Å². The SMILES string of the molecule is CCNC(=NCCS(=O)(=O)c1ccccc1F)NC(C)c1cc(C)ccc1OC.I. The van der Waals surface area contributed by atoms with Crippen molar-refractivity contribution in [2.24, 2.45) is 4.99 Å². The van der Waals surface area contributed by atoms with Gasteiger partial charge in [-0.3, -0.25) is 4.99 Å². The molecular weight excluding hydrogens is 520 g/mol. The van der Waals surface area contributed by atoms with Crippen molar-refractivity contribution in [1.82, 2.24) is 10.6 Å². The molecule has 0 saturated heterocycles. The van der Waals surface area contributed by atoms with Gasteiger partial charge >= 0.3 is 0 Å². The van der Waals surface area contributed by atoms with E-state index in [0.29, 0.717) is 12.5 Å². The van der Waals surface area contributed by atoms with Crippen LogP contribution in [0.3, 0.4) is 0 Å². The van der Waals surface area contributed by atoms with Gasteiger partial charge in [0, 0.05) is 12.1 Å². The monoisotopic (exact) mass is 549 g/mol. The third-order valence-electron chi connectivity index (χ3n) is 4.35. The molecule has 0 fully saturated rings. The number of rotatable bonds is 8. The smallest absolute Gasteiger partial charge is 0.191 e. The Kier molecular flexibility index (Phi) is 10.5. The molecule has 30 heavy (non-hydrogen) atoms. The van der Waals surface area contributed by atoms with Crippen LogP contribution in [0.25, 0.3) is 0 Å². The lowest BCUT2D eigenvalue weighted by Gasteiger charge is -2.20. The fourth-order valence-corrected chi connectivity index (χ4v) is 4.08. The van der Waals surface area contributed by atoms with Gasteiger partial charge in [0.05, 0.1) is 25.4 Å². The van der Waals surface area contributed by atoms with Crippen LogP contribution in [0.15, 0.2) is 52.4 Å². The molecule has 0 radical (unpaired) electrons. The van der Waals surface area contributed by atoms with Crippen LogP contribution in [0.5, 0.6) is 5.75 Å². The quantitative estimate of drug-likeness (QED) is 0.297. The lowest BCUT2D eigenvalue weighted by molar-refractivity contribution is 0.405. The normalized spacial score (nSPS) is 12.6. The van der Waals surface area contributed by atoms with Crippen molar-refractivity contribution in [1.29, 1.82) is 0 Å². The van der Waals surface area contributed by atoms with Gasteiger partial charge in [0.25, 0.3) is 0 Å². The topological polar surface area (TPSA) is 79.8 Å². The Hall–Kier alpha value is -1.88. The zero-order valence-electron chi connectivity index (χ0n) is 17.6. The van der Waals surface area contributed by atoms with Crippen molar-refractivity contribution in [3.05, 3.63) is 59.4 Å². The van der Waals surface area contributed by atoms with E-state index in [2.05, 4.69) is 15.6 Å². The highest BCUT2D eigenvalue weighted by atomic mass is 127. The molecule has 0 amide bonds. The highest BCUT2D eigenvalue weighted by molar-refractivity contribution is 14.0.